The lowest BCUT2D eigenvalue weighted by atomic mass is 10.1. The molecule has 0 spiro atoms. The zero-order valence-corrected chi connectivity index (χ0v) is 9.27. The van der Waals surface area contributed by atoms with Crippen LogP contribution in [0.25, 0.3) is 0 Å². The van der Waals surface area contributed by atoms with Crippen molar-refractivity contribution in [1.82, 2.24) is 5.32 Å². The molecule has 1 atom stereocenters. The van der Waals surface area contributed by atoms with Crippen LogP contribution in [0.4, 0.5) is 0 Å². The average molecular weight is 228 g/mol. The van der Waals surface area contributed by atoms with Gasteiger partial charge in [0.05, 0.1) is 12.1 Å². The summed E-state index contributed by atoms with van der Waals surface area (Å²) >= 11 is 0. The Kier molecular flexibility index (Phi) is 2.08. The monoisotopic (exact) mass is 228 g/mol. The minimum absolute atomic E-state index is 0.121. The van der Waals surface area contributed by atoms with Crippen LogP contribution in [-0.2, 0) is 4.79 Å². The lowest BCUT2D eigenvalue weighted by molar-refractivity contribution is -0.125. The van der Waals surface area contributed by atoms with E-state index in [0.717, 1.165) is 11.3 Å². The largest absolute Gasteiger partial charge is 0.491 e. The molecule has 0 radical (unpaired) electrons. The number of carbonyl (C=O) groups excluding carboxylic acids is 1. The molecule has 3 rings (SSSR count). The van der Waals surface area contributed by atoms with Gasteiger partial charge in [-0.1, -0.05) is 18.2 Å². The number of fused-ring (bicyclic) bond motifs is 1. The van der Waals surface area contributed by atoms with Crippen molar-refractivity contribution in [3.8, 4) is 11.8 Å². The molecule has 0 bridgehead atoms. The van der Waals surface area contributed by atoms with Crippen molar-refractivity contribution in [2.24, 2.45) is 5.41 Å². The Hall–Kier alpha value is -2.02. The smallest absolute Gasteiger partial charge is 0.241 e. The number of nitrogens with one attached hydrogen (secondary N) is 1. The summed E-state index contributed by atoms with van der Waals surface area (Å²) in [7, 11) is 0. The lowest BCUT2D eigenvalue weighted by Crippen LogP contribution is -2.35. The van der Waals surface area contributed by atoms with Gasteiger partial charge in [-0.3, -0.25) is 4.79 Å². The van der Waals surface area contributed by atoms with Crippen LogP contribution in [0.2, 0.25) is 0 Å². The quantitative estimate of drug-likeness (QED) is 0.835. The van der Waals surface area contributed by atoms with Crippen LogP contribution in [0.5, 0.6) is 5.75 Å². The molecule has 1 amide bonds. The highest BCUT2D eigenvalue weighted by Gasteiger charge is 2.51. The van der Waals surface area contributed by atoms with Crippen molar-refractivity contribution < 1.29 is 9.53 Å². The van der Waals surface area contributed by atoms with Gasteiger partial charge in [-0.15, -0.1) is 0 Å². The summed E-state index contributed by atoms with van der Waals surface area (Å²) in [6.45, 7) is 0.451. The second-order valence-electron chi connectivity index (χ2n) is 4.57. The van der Waals surface area contributed by atoms with Crippen molar-refractivity contribution in [1.29, 1.82) is 5.26 Å². The van der Waals surface area contributed by atoms with Gasteiger partial charge in [0.1, 0.15) is 17.8 Å². The fourth-order valence-corrected chi connectivity index (χ4v) is 2.09. The van der Waals surface area contributed by atoms with E-state index in [1.54, 1.807) is 0 Å². The maximum absolute atomic E-state index is 11.9. The number of hydrogen-bond acceptors (Lipinski definition) is 3. The van der Waals surface area contributed by atoms with Gasteiger partial charge < -0.3 is 10.1 Å². The zero-order valence-electron chi connectivity index (χ0n) is 9.27. The maximum Gasteiger partial charge on any atom is 0.241 e. The number of nitrogens with zero attached hydrogens (tertiary/aromatic N) is 1. The van der Waals surface area contributed by atoms with Crippen LogP contribution >= 0.6 is 0 Å². The predicted molar refractivity (Wildman–Crippen MR) is 60.1 cm³/mol. The second kappa shape index (κ2) is 3.49. The van der Waals surface area contributed by atoms with Gasteiger partial charge in [0.15, 0.2) is 0 Å². The Morgan fingerprint density at radius 1 is 1.47 bits per heavy atom. The van der Waals surface area contributed by atoms with Crippen LogP contribution in [0.15, 0.2) is 24.3 Å². The normalized spacial score (nSPS) is 23.1. The van der Waals surface area contributed by atoms with E-state index in [4.69, 9.17) is 10.00 Å². The summed E-state index contributed by atoms with van der Waals surface area (Å²) < 4.78 is 5.48. The maximum atomic E-state index is 11.9. The van der Waals surface area contributed by atoms with Gasteiger partial charge in [0, 0.05) is 5.56 Å². The number of hydrogen-bond donors (Lipinski definition) is 1. The van der Waals surface area contributed by atoms with E-state index >= 15 is 0 Å². The minimum Gasteiger partial charge on any atom is -0.491 e. The molecule has 1 N–H and O–H groups in total. The molecule has 17 heavy (non-hydrogen) atoms. The summed E-state index contributed by atoms with van der Waals surface area (Å²) in [6, 6.07) is 9.63. The number of amides is 1. The van der Waals surface area contributed by atoms with E-state index in [-0.39, 0.29) is 11.9 Å². The number of nitriles is 1. The van der Waals surface area contributed by atoms with Crippen LogP contribution in [0.3, 0.4) is 0 Å². The molecule has 2 aliphatic rings. The Morgan fingerprint density at radius 2 is 2.24 bits per heavy atom. The molecule has 1 fully saturated rings. The first kappa shape index (κ1) is 10.2. The molecule has 1 saturated carbocycles. The SMILES string of the molecule is N#CC1(C(=O)NC2COc3ccccc32)CC1. The van der Waals surface area contributed by atoms with Crippen LogP contribution in [-0.4, -0.2) is 12.5 Å². The van der Waals surface area contributed by atoms with E-state index in [0.29, 0.717) is 19.4 Å². The van der Waals surface area contributed by atoms with E-state index in [1.807, 2.05) is 24.3 Å². The standard InChI is InChI=1S/C13H12N2O2/c14-8-13(5-6-13)12(16)15-10-7-17-11-4-2-1-3-9(10)11/h1-4,10H,5-7H2,(H,15,16). The summed E-state index contributed by atoms with van der Waals surface area (Å²) in [6.07, 6.45) is 1.34. The third-order valence-electron chi connectivity index (χ3n) is 3.40. The summed E-state index contributed by atoms with van der Waals surface area (Å²) in [5.74, 6) is 0.657. The van der Waals surface area contributed by atoms with E-state index in [1.165, 1.54) is 0 Å². The zero-order chi connectivity index (χ0) is 11.9. The molecular formula is C13H12N2O2. The first-order chi connectivity index (χ1) is 8.25. The summed E-state index contributed by atoms with van der Waals surface area (Å²) in [4.78, 5) is 11.9. The molecule has 86 valence electrons. The second-order valence-corrected chi connectivity index (χ2v) is 4.57. The Balaban J connectivity index is 1.76. The summed E-state index contributed by atoms with van der Waals surface area (Å²) in [5.41, 5.74) is 0.229. The Morgan fingerprint density at radius 3 is 2.94 bits per heavy atom. The number of rotatable bonds is 2. The number of carbonyl (C=O) groups is 1. The highest BCUT2D eigenvalue weighted by atomic mass is 16.5. The highest BCUT2D eigenvalue weighted by molar-refractivity contribution is 5.88. The predicted octanol–water partition coefficient (Wildman–Crippen LogP) is 1.54. The molecule has 1 aliphatic carbocycles. The lowest BCUT2D eigenvalue weighted by Gasteiger charge is -2.13. The first-order valence-electron chi connectivity index (χ1n) is 5.69. The van der Waals surface area contributed by atoms with Gasteiger partial charge in [0.25, 0.3) is 0 Å². The molecule has 4 nitrogen and oxygen atoms in total. The van der Waals surface area contributed by atoms with Crippen LogP contribution in [0, 0.1) is 16.7 Å². The molecule has 1 unspecified atom stereocenters. The molecule has 0 saturated heterocycles. The van der Waals surface area contributed by atoms with Crippen molar-refractivity contribution in [3.05, 3.63) is 29.8 Å². The van der Waals surface area contributed by atoms with Crippen molar-refractivity contribution in [2.75, 3.05) is 6.61 Å². The first-order valence-corrected chi connectivity index (χ1v) is 5.69. The van der Waals surface area contributed by atoms with Gasteiger partial charge in [-0.05, 0) is 18.9 Å². The minimum atomic E-state index is -0.766. The van der Waals surface area contributed by atoms with Crippen molar-refractivity contribution >= 4 is 5.91 Å². The van der Waals surface area contributed by atoms with E-state index in [2.05, 4.69) is 11.4 Å². The molecule has 4 heteroatoms. The Labute approximate surface area is 99.2 Å². The topological polar surface area (TPSA) is 62.1 Å². The van der Waals surface area contributed by atoms with Crippen molar-refractivity contribution in [3.63, 3.8) is 0 Å². The van der Waals surface area contributed by atoms with Gasteiger partial charge in [-0.2, -0.15) is 5.26 Å². The van der Waals surface area contributed by atoms with E-state index < -0.39 is 5.41 Å². The highest BCUT2D eigenvalue weighted by Crippen LogP contribution is 2.45. The third-order valence-corrected chi connectivity index (χ3v) is 3.40. The molecule has 1 aliphatic heterocycles. The van der Waals surface area contributed by atoms with Crippen LogP contribution < -0.4 is 10.1 Å². The van der Waals surface area contributed by atoms with E-state index in [9.17, 15) is 4.79 Å². The number of ether oxygens (including phenoxy) is 1. The van der Waals surface area contributed by atoms with Gasteiger partial charge >= 0.3 is 0 Å². The van der Waals surface area contributed by atoms with Crippen molar-refractivity contribution in [2.45, 2.75) is 18.9 Å². The molecule has 1 heterocycles. The summed E-state index contributed by atoms with van der Waals surface area (Å²) in [5, 5.41) is 11.9. The van der Waals surface area contributed by atoms with Crippen LogP contribution in [0.1, 0.15) is 24.4 Å². The van der Waals surface area contributed by atoms with Gasteiger partial charge in [-0.25, -0.2) is 0 Å². The third kappa shape index (κ3) is 1.55. The fraction of sp³-hybridized carbons (Fsp3) is 0.385. The molecule has 1 aromatic carbocycles. The molecular weight excluding hydrogens is 216 g/mol. The molecule has 1 aromatic rings. The number of benzene rings is 1. The molecule has 0 aromatic heterocycles. The van der Waals surface area contributed by atoms with Gasteiger partial charge in [0.2, 0.25) is 5.91 Å². The number of para-hydroxylation sites is 1. The average Bonchev–Trinajstić information content (AvgIpc) is 3.07. The fourth-order valence-electron chi connectivity index (χ4n) is 2.09. The Bertz CT molecular complexity index is 514.